The fourth-order valence-corrected chi connectivity index (χ4v) is 4.14. The summed E-state index contributed by atoms with van der Waals surface area (Å²) in [4.78, 5) is 12.6. The van der Waals surface area contributed by atoms with E-state index in [1.165, 1.54) is 35.7 Å². The second kappa shape index (κ2) is 9.53. The number of carbonyl (C=O) groups excluding carboxylic acids is 1. The molecule has 0 bridgehead atoms. The lowest BCUT2D eigenvalue weighted by Crippen LogP contribution is -2.31. The first kappa shape index (κ1) is 20.9. The maximum absolute atomic E-state index is 12.7. The molecule has 0 spiro atoms. The maximum atomic E-state index is 12.7. The van der Waals surface area contributed by atoms with Gasteiger partial charge < -0.3 is 10.1 Å². The Hall–Kier alpha value is -2.38. The van der Waals surface area contributed by atoms with Crippen LogP contribution in [0.2, 0.25) is 0 Å². The number of unbranched alkanes of at least 4 members (excludes halogenated alkanes) is 1. The number of rotatable bonds is 9. The molecule has 146 valence electrons. The molecule has 0 atom stereocenters. The number of hydrogen-bond donors (Lipinski definition) is 1. The van der Waals surface area contributed by atoms with Gasteiger partial charge in [0.25, 0.3) is 5.91 Å². The third-order valence-corrected chi connectivity index (χ3v) is 6.21. The molecule has 0 saturated heterocycles. The molecule has 1 N–H and O–H groups in total. The van der Waals surface area contributed by atoms with E-state index in [0.717, 1.165) is 12.8 Å². The average Bonchev–Trinajstić information content (AvgIpc) is 2.69. The van der Waals surface area contributed by atoms with Crippen molar-refractivity contribution in [2.24, 2.45) is 0 Å². The Kier molecular flexibility index (Phi) is 7.38. The van der Waals surface area contributed by atoms with Crippen molar-refractivity contribution in [1.82, 2.24) is 4.31 Å². The third kappa shape index (κ3) is 5.08. The van der Waals surface area contributed by atoms with Crippen LogP contribution in [0.4, 0.5) is 5.69 Å². The summed E-state index contributed by atoms with van der Waals surface area (Å²) >= 11 is 0. The van der Waals surface area contributed by atoms with Crippen molar-refractivity contribution < 1.29 is 17.9 Å². The molecule has 2 aromatic carbocycles. The van der Waals surface area contributed by atoms with Crippen molar-refractivity contribution >= 4 is 21.6 Å². The van der Waals surface area contributed by atoms with Crippen molar-refractivity contribution in [3.63, 3.8) is 0 Å². The Morgan fingerprint density at radius 1 is 1.07 bits per heavy atom. The van der Waals surface area contributed by atoms with E-state index in [4.69, 9.17) is 4.74 Å². The van der Waals surface area contributed by atoms with Gasteiger partial charge in [-0.1, -0.05) is 32.4 Å². The Morgan fingerprint density at radius 2 is 1.74 bits per heavy atom. The molecule has 2 rings (SSSR count). The van der Waals surface area contributed by atoms with Crippen LogP contribution in [0, 0.1) is 0 Å². The van der Waals surface area contributed by atoms with Crippen LogP contribution in [0.15, 0.2) is 53.4 Å². The SMILES string of the molecule is CCCCN(CC)S(=O)(=O)c1ccc(C(=O)Nc2ccccc2OC)cc1. The van der Waals surface area contributed by atoms with E-state index in [9.17, 15) is 13.2 Å². The number of amides is 1. The van der Waals surface area contributed by atoms with Crippen LogP contribution in [0.1, 0.15) is 37.0 Å². The smallest absolute Gasteiger partial charge is 0.255 e. The molecule has 0 aliphatic carbocycles. The van der Waals surface area contributed by atoms with Crippen molar-refractivity contribution in [2.45, 2.75) is 31.6 Å². The van der Waals surface area contributed by atoms with Crippen molar-refractivity contribution in [2.75, 3.05) is 25.5 Å². The molecule has 0 aromatic heterocycles. The number of benzene rings is 2. The average molecular weight is 391 g/mol. The van der Waals surface area contributed by atoms with Gasteiger partial charge in [0.05, 0.1) is 17.7 Å². The molecule has 0 aliphatic heterocycles. The Labute approximate surface area is 161 Å². The number of carbonyl (C=O) groups is 1. The van der Waals surface area contributed by atoms with Crippen LogP contribution >= 0.6 is 0 Å². The van der Waals surface area contributed by atoms with Crippen molar-refractivity contribution in [3.8, 4) is 5.75 Å². The first-order valence-electron chi connectivity index (χ1n) is 8.98. The van der Waals surface area contributed by atoms with Crippen molar-refractivity contribution in [1.29, 1.82) is 0 Å². The second-order valence-corrected chi connectivity index (χ2v) is 7.97. The molecule has 7 heteroatoms. The van der Waals surface area contributed by atoms with Gasteiger partial charge >= 0.3 is 0 Å². The van der Waals surface area contributed by atoms with Gasteiger partial charge in [-0.3, -0.25) is 4.79 Å². The monoisotopic (exact) mass is 390 g/mol. The zero-order valence-corrected chi connectivity index (χ0v) is 16.8. The van der Waals surface area contributed by atoms with E-state index in [1.807, 2.05) is 19.9 Å². The molecule has 0 unspecified atom stereocenters. The minimum Gasteiger partial charge on any atom is -0.495 e. The lowest BCUT2D eigenvalue weighted by atomic mass is 10.2. The second-order valence-electron chi connectivity index (χ2n) is 6.03. The minimum absolute atomic E-state index is 0.189. The van der Waals surface area contributed by atoms with E-state index in [1.54, 1.807) is 18.2 Å². The van der Waals surface area contributed by atoms with Gasteiger partial charge in [-0.2, -0.15) is 4.31 Å². The molecule has 6 nitrogen and oxygen atoms in total. The van der Waals surface area contributed by atoms with Crippen molar-refractivity contribution in [3.05, 3.63) is 54.1 Å². The minimum atomic E-state index is -3.55. The first-order chi connectivity index (χ1) is 12.9. The summed E-state index contributed by atoms with van der Waals surface area (Å²) in [5, 5.41) is 2.77. The Morgan fingerprint density at radius 3 is 2.33 bits per heavy atom. The van der Waals surface area contributed by atoms with Crippen LogP contribution in [0.3, 0.4) is 0 Å². The van der Waals surface area contributed by atoms with E-state index < -0.39 is 10.0 Å². The number of hydrogen-bond acceptors (Lipinski definition) is 4. The van der Waals surface area contributed by atoms with E-state index in [2.05, 4.69) is 5.32 Å². The van der Waals surface area contributed by atoms with Crippen LogP contribution in [0.25, 0.3) is 0 Å². The number of ether oxygens (including phenoxy) is 1. The zero-order chi connectivity index (χ0) is 19.9. The molecular weight excluding hydrogens is 364 g/mol. The molecular formula is C20H26N2O4S. The standard InChI is InChI=1S/C20H26N2O4S/c1-4-6-15-22(5-2)27(24,25)17-13-11-16(12-14-17)20(23)21-18-9-7-8-10-19(18)26-3/h7-14H,4-6,15H2,1-3H3,(H,21,23). The van der Waals surface area contributed by atoms with E-state index >= 15 is 0 Å². The topological polar surface area (TPSA) is 75.7 Å². The Bertz CT molecular complexity index is 864. The molecule has 0 radical (unpaired) electrons. The number of methoxy groups -OCH3 is 1. The quantitative estimate of drug-likeness (QED) is 0.707. The summed E-state index contributed by atoms with van der Waals surface area (Å²) in [5.74, 6) is 0.223. The van der Waals surface area contributed by atoms with Crippen LogP contribution in [0.5, 0.6) is 5.75 Å². The summed E-state index contributed by atoms with van der Waals surface area (Å²) in [6.07, 6.45) is 1.74. The van der Waals surface area contributed by atoms with E-state index in [-0.39, 0.29) is 10.8 Å². The van der Waals surface area contributed by atoms with Gasteiger partial charge in [0, 0.05) is 18.7 Å². The normalized spacial score (nSPS) is 11.4. The van der Waals surface area contributed by atoms with Crippen LogP contribution in [-0.4, -0.2) is 38.8 Å². The first-order valence-corrected chi connectivity index (χ1v) is 10.4. The van der Waals surface area contributed by atoms with Gasteiger partial charge in [-0.05, 0) is 42.8 Å². The number of nitrogens with zero attached hydrogens (tertiary/aromatic N) is 1. The fourth-order valence-electron chi connectivity index (χ4n) is 2.65. The summed E-state index contributed by atoms with van der Waals surface area (Å²) < 4.78 is 32.1. The molecule has 2 aromatic rings. The highest BCUT2D eigenvalue weighted by Gasteiger charge is 2.22. The van der Waals surface area contributed by atoms with Gasteiger partial charge in [-0.15, -0.1) is 0 Å². The number of sulfonamides is 1. The summed E-state index contributed by atoms with van der Waals surface area (Å²) in [5.41, 5.74) is 0.926. The van der Waals surface area contributed by atoms with E-state index in [0.29, 0.717) is 30.1 Å². The highest BCUT2D eigenvalue weighted by Crippen LogP contribution is 2.24. The molecule has 0 saturated carbocycles. The molecule has 0 aliphatic rings. The maximum Gasteiger partial charge on any atom is 0.255 e. The lowest BCUT2D eigenvalue weighted by Gasteiger charge is -2.20. The molecule has 0 heterocycles. The number of anilines is 1. The van der Waals surface area contributed by atoms with Gasteiger partial charge in [0.2, 0.25) is 10.0 Å². The lowest BCUT2D eigenvalue weighted by molar-refractivity contribution is 0.102. The van der Waals surface area contributed by atoms with Gasteiger partial charge in [0.15, 0.2) is 0 Å². The number of nitrogens with one attached hydrogen (secondary N) is 1. The van der Waals surface area contributed by atoms with Gasteiger partial charge in [-0.25, -0.2) is 8.42 Å². The third-order valence-electron chi connectivity index (χ3n) is 4.22. The summed E-state index contributed by atoms with van der Waals surface area (Å²) in [6, 6.07) is 13.1. The number of para-hydroxylation sites is 2. The molecule has 1 amide bonds. The van der Waals surface area contributed by atoms with Crippen LogP contribution in [-0.2, 0) is 10.0 Å². The van der Waals surface area contributed by atoms with Gasteiger partial charge in [0.1, 0.15) is 5.75 Å². The molecule has 27 heavy (non-hydrogen) atoms. The summed E-state index contributed by atoms with van der Waals surface area (Å²) in [6.45, 7) is 4.75. The summed E-state index contributed by atoms with van der Waals surface area (Å²) in [7, 11) is -2.02. The highest BCUT2D eigenvalue weighted by molar-refractivity contribution is 7.89. The largest absolute Gasteiger partial charge is 0.495 e. The predicted molar refractivity (Wildman–Crippen MR) is 107 cm³/mol. The fraction of sp³-hybridized carbons (Fsp3) is 0.350. The van der Waals surface area contributed by atoms with Crippen LogP contribution < -0.4 is 10.1 Å². The zero-order valence-electron chi connectivity index (χ0n) is 15.9. The highest BCUT2D eigenvalue weighted by atomic mass is 32.2. The molecule has 0 fully saturated rings. The predicted octanol–water partition coefficient (Wildman–Crippen LogP) is 3.76. The Balaban J connectivity index is 2.17.